The van der Waals surface area contributed by atoms with Crippen molar-refractivity contribution in [2.45, 2.75) is 13.0 Å². The van der Waals surface area contributed by atoms with Crippen molar-refractivity contribution in [3.8, 4) is 0 Å². The molecule has 0 bridgehead atoms. The predicted octanol–water partition coefficient (Wildman–Crippen LogP) is 3.37. The molecule has 0 fully saturated rings. The topological polar surface area (TPSA) is 40.5 Å². The number of nitrogens with zero attached hydrogens (tertiary/aromatic N) is 1. The summed E-state index contributed by atoms with van der Waals surface area (Å²) in [6, 6.07) is 13.7. The Morgan fingerprint density at radius 1 is 1.24 bits per heavy atom. The smallest absolute Gasteiger partial charge is 0.341 e. The highest BCUT2D eigenvalue weighted by atomic mass is 16.6. The molecule has 21 heavy (non-hydrogen) atoms. The fourth-order valence-electron chi connectivity index (χ4n) is 2.04. The molecule has 0 aliphatic heterocycles. The number of ether oxygens (including phenoxy) is 2. The molecule has 1 atom stereocenters. The maximum absolute atomic E-state index is 11.8. The molecule has 1 aromatic heterocycles. The Bertz CT molecular complexity index is 602. The Balaban J connectivity index is 2.24. The minimum Gasteiger partial charge on any atom is -0.467 e. The van der Waals surface area contributed by atoms with Gasteiger partial charge in [-0.25, -0.2) is 4.79 Å². The number of aromatic nitrogens is 1. The highest BCUT2D eigenvalue weighted by Gasteiger charge is 2.24. The van der Waals surface area contributed by atoms with Crippen molar-refractivity contribution in [3.63, 3.8) is 0 Å². The molecule has 0 aliphatic rings. The molecule has 1 unspecified atom stereocenters. The Labute approximate surface area is 124 Å². The number of rotatable bonds is 6. The van der Waals surface area contributed by atoms with Crippen LogP contribution in [-0.4, -0.2) is 24.3 Å². The summed E-state index contributed by atoms with van der Waals surface area (Å²) in [5, 5.41) is 0. The van der Waals surface area contributed by atoms with Crippen LogP contribution in [0.25, 0.3) is 12.3 Å². The Morgan fingerprint density at radius 3 is 2.67 bits per heavy atom. The molecule has 0 N–H and O–H groups in total. The molecule has 4 heteroatoms. The van der Waals surface area contributed by atoms with Crippen molar-refractivity contribution in [2.24, 2.45) is 0 Å². The lowest BCUT2D eigenvalue weighted by atomic mass is 10.2. The first-order valence-corrected chi connectivity index (χ1v) is 6.85. The molecule has 0 saturated carbocycles. The summed E-state index contributed by atoms with van der Waals surface area (Å²) in [7, 11) is 1.36. The third-order valence-electron chi connectivity index (χ3n) is 3.06. The standard InChI is InChI=1S/C17H19NO3/c1-3-21-16(17(19)20-2)15-10-7-12-18(15)13-11-14-8-5-4-6-9-14/h4-13,16H,3H2,1-2H3. The summed E-state index contributed by atoms with van der Waals surface area (Å²) < 4.78 is 12.2. The molecule has 0 radical (unpaired) electrons. The third kappa shape index (κ3) is 3.83. The fourth-order valence-corrected chi connectivity index (χ4v) is 2.04. The van der Waals surface area contributed by atoms with E-state index in [4.69, 9.17) is 9.47 Å². The number of hydrogen-bond donors (Lipinski definition) is 0. The molecule has 4 nitrogen and oxygen atoms in total. The highest BCUT2D eigenvalue weighted by molar-refractivity contribution is 5.76. The Kier molecular flexibility index (Phi) is 5.35. The second-order valence-corrected chi connectivity index (χ2v) is 4.43. The van der Waals surface area contributed by atoms with E-state index >= 15 is 0 Å². The van der Waals surface area contributed by atoms with Gasteiger partial charge in [-0.05, 0) is 30.7 Å². The van der Waals surface area contributed by atoms with Crippen LogP contribution >= 0.6 is 0 Å². The molecular weight excluding hydrogens is 266 g/mol. The number of carbonyl (C=O) groups is 1. The minimum atomic E-state index is -0.713. The summed E-state index contributed by atoms with van der Waals surface area (Å²) >= 11 is 0. The molecule has 110 valence electrons. The third-order valence-corrected chi connectivity index (χ3v) is 3.06. The summed E-state index contributed by atoms with van der Waals surface area (Å²) in [5.74, 6) is -0.398. The average molecular weight is 285 g/mol. The van der Waals surface area contributed by atoms with Gasteiger partial charge < -0.3 is 14.0 Å². The van der Waals surface area contributed by atoms with Crippen LogP contribution < -0.4 is 0 Å². The van der Waals surface area contributed by atoms with Gasteiger partial charge in [-0.2, -0.15) is 0 Å². The largest absolute Gasteiger partial charge is 0.467 e. The van der Waals surface area contributed by atoms with Gasteiger partial charge in [-0.3, -0.25) is 0 Å². The van der Waals surface area contributed by atoms with Crippen molar-refractivity contribution >= 4 is 18.2 Å². The zero-order chi connectivity index (χ0) is 15.1. The van der Waals surface area contributed by atoms with E-state index in [1.807, 2.05) is 72.4 Å². The number of methoxy groups -OCH3 is 1. The second-order valence-electron chi connectivity index (χ2n) is 4.43. The van der Waals surface area contributed by atoms with Gasteiger partial charge in [-0.1, -0.05) is 30.3 Å². The van der Waals surface area contributed by atoms with Crippen LogP contribution in [0.1, 0.15) is 24.3 Å². The van der Waals surface area contributed by atoms with E-state index in [0.29, 0.717) is 6.61 Å². The molecule has 0 amide bonds. The van der Waals surface area contributed by atoms with Gasteiger partial charge in [0.1, 0.15) is 0 Å². The van der Waals surface area contributed by atoms with Gasteiger partial charge in [0.05, 0.1) is 12.8 Å². The molecule has 2 aromatic rings. The van der Waals surface area contributed by atoms with Gasteiger partial charge in [0, 0.05) is 19.0 Å². The van der Waals surface area contributed by atoms with E-state index in [9.17, 15) is 4.79 Å². The van der Waals surface area contributed by atoms with Crippen molar-refractivity contribution < 1.29 is 14.3 Å². The number of carbonyl (C=O) groups excluding carboxylic acids is 1. The van der Waals surface area contributed by atoms with E-state index in [1.54, 1.807) is 0 Å². The number of hydrogen-bond acceptors (Lipinski definition) is 3. The van der Waals surface area contributed by atoms with E-state index in [0.717, 1.165) is 11.3 Å². The van der Waals surface area contributed by atoms with Gasteiger partial charge in [0.2, 0.25) is 0 Å². The van der Waals surface area contributed by atoms with Crippen LogP contribution in [-0.2, 0) is 14.3 Å². The zero-order valence-electron chi connectivity index (χ0n) is 12.2. The molecule has 1 heterocycles. The van der Waals surface area contributed by atoms with Crippen LogP contribution in [0, 0.1) is 0 Å². The average Bonchev–Trinajstić information content (AvgIpc) is 2.99. The molecule has 0 saturated heterocycles. The van der Waals surface area contributed by atoms with Gasteiger partial charge >= 0.3 is 5.97 Å². The van der Waals surface area contributed by atoms with Crippen LogP contribution in [0.15, 0.2) is 48.7 Å². The second kappa shape index (κ2) is 7.45. The molecule has 0 spiro atoms. The van der Waals surface area contributed by atoms with E-state index in [2.05, 4.69) is 0 Å². The molecular formula is C17H19NO3. The summed E-state index contributed by atoms with van der Waals surface area (Å²) in [5.41, 5.74) is 1.83. The van der Waals surface area contributed by atoms with Gasteiger partial charge in [-0.15, -0.1) is 0 Å². The lowest BCUT2D eigenvalue weighted by Gasteiger charge is -2.15. The molecule has 2 rings (SSSR count). The first kappa shape index (κ1) is 15.1. The predicted molar refractivity (Wildman–Crippen MR) is 82.5 cm³/mol. The molecule has 1 aromatic carbocycles. The summed E-state index contributed by atoms with van der Waals surface area (Å²) in [4.78, 5) is 11.8. The lowest BCUT2D eigenvalue weighted by Crippen LogP contribution is -2.19. The monoisotopic (exact) mass is 285 g/mol. The zero-order valence-corrected chi connectivity index (χ0v) is 12.2. The number of esters is 1. The van der Waals surface area contributed by atoms with E-state index in [1.165, 1.54) is 7.11 Å². The van der Waals surface area contributed by atoms with Crippen LogP contribution in [0.3, 0.4) is 0 Å². The summed E-state index contributed by atoms with van der Waals surface area (Å²) in [6.07, 6.45) is 5.04. The van der Waals surface area contributed by atoms with Crippen molar-refractivity contribution in [2.75, 3.05) is 13.7 Å². The first-order chi connectivity index (χ1) is 10.3. The van der Waals surface area contributed by atoms with Gasteiger partial charge in [0.25, 0.3) is 0 Å². The Hall–Kier alpha value is -2.33. The van der Waals surface area contributed by atoms with Crippen molar-refractivity contribution in [3.05, 3.63) is 59.9 Å². The highest BCUT2D eigenvalue weighted by Crippen LogP contribution is 2.20. The quantitative estimate of drug-likeness (QED) is 0.764. The SMILES string of the molecule is CCOC(C(=O)OC)c1cccn1C=Cc1ccccc1. The van der Waals surface area contributed by atoms with Crippen LogP contribution in [0.5, 0.6) is 0 Å². The van der Waals surface area contributed by atoms with Crippen LogP contribution in [0.2, 0.25) is 0 Å². The first-order valence-electron chi connectivity index (χ1n) is 6.85. The number of benzene rings is 1. The van der Waals surface area contributed by atoms with E-state index < -0.39 is 12.1 Å². The van der Waals surface area contributed by atoms with E-state index in [-0.39, 0.29) is 0 Å². The Morgan fingerprint density at radius 2 is 2.00 bits per heavy atom. The maximum Gasteiger partial charge on any atom is 0.341 e. The summed E-state index contributed by atoms with van der Waals surface area (Å²) in [6.45, 7) is 2.29. The normalized spacial score (nSPS) is 12.5. The lowest BCUT2D eigenvalue weighted by molar-refractivity contribution is -0.154. The van der Waals surface area contributed by atoms with Crippen LogP contribution in [0.4, 0.5) is 0 Å². The van der Waals surface area contributed by atoms with Gasteiger partial charge in [0.15, 0.2) is 6.10 Å². The van der Waals surface area contributed by atoms with Crippen molar-refractivity contribution in [1.29, 1.82) is 0 Å². The molecule has 0 aliphatic carbocycles. The fraction of sp³-hybridized carbons (Fsp3) is 0.235. The minimum absolute atomic E-state index is 0.398. The maximum atomic E-state index is 11.8. The van der Waals surface area contributed by atoms with Crippen molar-refractivity contribution in [1.82, 2.24) is 4.57 Å².